The Kier molecular flexibility index (Phi) is 5.38. The summed E-state index contributed by atoms with van der Waals surface area (Å²) in [5.74, 6) is 0.764. The molecule has 1 amide bonds. The van der Waals surface area contributed by atoms with Crippen LogP contribution in [0.3, 0.4) is 0 Å². The van der Waals surface area contributed by atoms with E-state index in [1.54, 1.807) is 33.5 Å². The van der Waals surface area contributed by atoms with Gasteiger partial charge in [-0.2, -0.15) is 5.10 Å². The molecule has 2 aromatic carbocycles. The fourth-order valence-corrected chi connectivity index (χ4v) is 3.62. The number of carbonyl (C=O) groups excluding carboxylic acids is 1. The number of nitrogens with zero attached hydrogens (tertiary/aromatic N) is 5. The van der Waals surface area contributed by atoms with Crippen LogP contribution < -0.4 is 5.32 Å². The van der Waals surface area contributed by atoms with Crippen LogP contribution in [0.4, 0.5) is 5.69 Å². The van der Waals surface area contributed by atoms with Crippen LogP contribution in [0.2, 0.25) is 0 Å². The number of carbonyl (C=O) groups is 1. The van der Waals surface area contributed by atoms with Crippen molar-refractivity contribution >= 4 is 34.4 Å². The number of hydrogen-bond acceptors (Lipinski definition) is 5. The Bertz CT molecular complexity index is 1070. The summed E-state index contributed by atoms with van der Waals surface area (Å²) in [5, 5.41) is 15.4. The van der Waals surface area contributed by atoms with Crippen molar-refractivity contribution in [2.45, 2.75) is 24.6 Å². The number of anilines is 1. The van der Waals surface area contributed by atoms with Crippen LogP contribution in [-0.4, -0.2) is 35.9 Å². The number of para-hydroxylation sites is 1. The molecular weight excluding hydrogens is 372 g/mol. The van der Waals surface area contributed by atoms with E-state index in [-0.39, 0.29) is 11.2 Å². The van der Waals surface area contributed by atoms with Crippen molar-refractivity contribution in [2.24, 2.45) is 0 Å². The first-order valence-corrected chi connectivity index (χ1v) is 10.0. The molecule has 0 saturated heterocycles. The summed E-state index contributed by atoms with van der Waals surface area (Å²) in [6, 6.07) is 17.9. The van der Waals surface area contributed by atoms with Gasteiger partial charge in [-0.15, -0.1) is 16.9 Å². The van der Waals surface area contributed by atoms with Gasteiger partial charge in [0, 0.05) is 5.75 Å². The Morgan fingerprint density at radius 1 is 1.14 bits per heavy atom. The Morgan fingerprint density at radius 3 is 2.79 bits per heavy atom. The molecule has 0 aliphatic carbocycles. The van der Waals surface area contributed by atoms with Gasteiger partial charge in [0.05, 0.1) is 28.8 Å². The number of hydrogen-bond donors (Lipinski definition) is 1. The minimum atomic E-state index is -0.164. The lowest BCUT2D eigenvalue weighted by atomic mass is 10.2. The molecule has 0 bridgehead atoms. The third-order valence-electron chi connectivity index (χ3n) is 4.31. The maximum Gasteiger partial charge on any atom is 0.237 e. The molecule has 2 heterocycles. The second-order valence-corrected chi connectivity index (χ2v) is 7.74. The quantitative estimate of drug-likeness (QED) is 0.522. The number of thioether (sulfide) groups is 1. The molecule has 1 N–H and O–H groups in total. The summed E-state index contributed by atoms with van der Waals surface area (Å²) in [4.78, 5) is 12.4. The van der Waals surface area contributed by atoms with Gasteiger partial charge in [-0.3, -0.25) is 4.79 Å². The Hall–Kier alpha value is -3.13. The fraction of sp³-hybridized carbons (Fsp3) is 0.200. The van der Waals surface area contributed by atoms with Crippen LogP contribution in [0, 0.1) is 0 Å². The van der Waals surface area contributed by atoms with Gasteiger partial charge in [0.2, 0.25) is 5.91 Å². The third kappa shape index (κ3) is 4.23. The van der Waals surface area contributed by atoms with E-state index in [4.69, 9.17) is 0 Å². The summed E-state index contributed by atoms with van der Waals surface area (Å²) in [5.41, 5.74) is 3.66. The van der Waals surface area contributed by atoms with Crippen molar-refractivity contribution in [3.63, 3.8) is 0 Å². The van der Waals surface area contributed by atoms with Gasteiger partial charge in [-0.25, -0.2) is 9.36 Å². The molecule has 1 atom stereocenters. The van der Waals surface area contributed by atoms with E-state index in [0.29, 0.717) is 12.4 Å². The lowest BCUT2D eigenvalue weighted by Crippen LogP contribution is -2.22. The van der Waals surface area contributed by atoms with Gasteiger partial charge in [0.25, 0.3) is 0 Å². The van der Waals surface area contributed by atoms with E-state index in [1.165, 1.54) is 5.56 Å². The number of nitrogens with one attached hydrogen (secondary N) is 1. The van der Waals surface area contributed by atoms with E-state index < -0.39 is 0 Å². The van der Waals surface area contributed by atoms with E-state index in [9.17, 15) is 4.79 Å². The first kappa shape index (κ1) is 18.2. The molecule has 0 spiro atoms. The molecule has 4 rings (SSSR count). The zero-order valence-electron chi connectivity index (χ0n) is 15.4. The van der Waals surface area contributed by atoms with Crippen molar-refractivity contribution in [3.8, 4) is 0 Å². The second kappa shape index (κ2) is 8.26. The molecule has 0 saturated carbocycles. The summed E-state index contributed by atoms with van der Waals surface area (Å²) in [6.45, 7) is 2.34. The van der Waals surface area contributed by atoms with Crippen LogP contribution in [0.5, 0.6) is 0 Å². The third-order valence-corrected chi connectivity index (χ3v) is 5.53. The smallest absolute Gasteiger partial charge is 0.237 e. The number of amides is 1. The Morgan fingerprint density at radius 2 is 1.93 bits per heavy atom. The molecule has 4 aromatic rings. The summed E-state index contributed by atoms with van der Waals surface area (Å²) in [7, 11) is 0. The lowest BCUT2D eigenvalue weighted by Gasteiger charge is -2.10. The summed E-state index contributed by atoms with van der Waals surface area (Å²) in [6.07, 6.45) is 3.44. The van der Waals surface area contributed by atoms with Gasteiger partial charge >= 0.3 is 0 Å². The average Bonchev–Trinajstić information content (AvgIpc) is 3.34. The minimum Gasteiger partial charge on any atom is -0.322 e. The maximum absolute atomic E-state index is 12.4. The molecular formula is C20H20N6OS. The monoisotopic (exact) mass is 392 g/mol. The molecule has 0 fully saturated rings. The van der Waals surface area contributed by atoms with Gasteiger partial charge in [-0.05, 0) is 24.6 Å². The van der Waals surface area contributed by atoms with Crippen molar-refractivity contribution < 1.29 is 4.79 Å². The minimum absolute atomic E-state index is 0.0355. The van der Waals surface area contributed by atoms with Crippen LogP contribution in [0.25, 0.3) is 11.0 Å². The highest BCUT2D eigenvalue weighted by Crippen LogP contribution is 2.19. The molecule has 28 heavy (non-hydrogen) atoms. The Labute approximate surface area is 166 Å². The maximum atomic E-state index is 12.4. The number of benzene rings is 2. The topological polar surface area (TPSA) is 77.6 Å². The van der Waals surface area contributed by atoms with Gasteiger partial charge in [-0.1, -0.05) is 47.7 Å². The molecule has 1 unspecified atom stereocenters. The molecule has 0 radical (unpaired) electrons. The van der Waals surface area contributed by atoms with Crippen molar-refractivity contribution in [1.82, 2.24) is 24.8 Å². The summed E-state index contributed by atoms with van der Waals surface area (Å²) < 4.78 is 3.49. The average molecular weight is 392 g/mol. The largest absolute Gasteiger partial charge is 0.322 e. The molecule has 0 aliphatic heterocycles. The first-order chi connectivity index (χ1) is 13.7. The van der Waals surface area contributed by atoms with Gasteiger partial charge in [0.15, 0.2) is 0 Å². The van der Waals surface area contributed by atoms with Crippen molar-refractivity contribution in [3.05, 3.63) is 72.6 Å². The number of fused-ring (bicyclic) bond motifs is 1. The molecule has 2 aromatic heterocycles. The Balaban J connectivity index is 1.34. The molecule has 8 heteroatoms. The van der Waals surface area contributed by atoms with E-state index in [1.807, 2.05) is 49.4 Å². The SMILES string of the molecule is CC(SCc1ccccc1)C(=O)Nc1cnn(Cn2nnc3ccccc32)c1. The predicted octanol–water partition coefficient (Wildman–Crippen LogP) is 3.39. The molecule has 142 valence electrons. The number of rotatable bonds is 7. The first-order valence-electron chi connectivity index (χ1n) is 8.96. The van der Waals surface area contributed by atoms with Crippen LogP contribution in [0.15, 0.2) is 67.0 Å². The highest BCUT2D eigenvalue weighted by atomic mass is 32.2. The zero-order valence-corrected chi connectivity index (χ0v) is 16.2. The number of aromatic nitrogens is 5. The van der Waals surface area contributed by atoms with Gasteiger partial charge in [0.1, 0.15) is 12.2 Å². The van der Waals surface area contributed by atoms with Crippen LogP contribution in [-0.2, 0) is 17.2 Å². The van der Waals surface area contributed by atoms with Crippen molar-refractivity contribution in [2.75, 3.05) is 5.32 Å². The summed E-state index contributed by atoms with van der Waals surface area (Å²) >= 11 is 1.61. The van der Waals surface area contributed by atoms with Crippen molar-refractivity contribution in [1.29, 1.82) is 0 Å². The van der Waals surface area contributed by atoms with Crippen LogP contribution in [0.1, 0.15) is 12.5 Å². The van der Waals surface area contributed by atoms with E-state index in [0.717, 1.165) is 16.8 Å². The molecule has 0 aliphatic rings. The lowest BCUT2D eigenvalue weighted by molar-refractivity contribution is -0.115. The molecule has 7 nitrogen and oxygen atoms in total. The van der Waals surface area contributed by atoms with E-state index >= 15 is 0 Å². The fourth-order valence-electron chi connectivity index (χ4n) is 2.78. The zero-order chi connectivity index (χ0) is 19.3. The van der Waals surface area contributed by atoms with Gasteiger partial charge < -0.3 is 5.32 Å². The van der Waals surface area contributed by atoms with Crippen LogP contribution >= 0.6 is 11.8 Å². The second-order valence-electron chi connectivity index (χ2n) is 6.42. The normalized spacial score (nSPS) is 12.2. The predicted molar refractivity (Wildman–Crippen MR) is 111 cm³/mol. The standard InChI is InChI=1S/C20H20N6OS/c1-15(28-13-16-7-3-2-4-8-16)20(27)22-17-11-21-25(12-17)14-26-19-10-6-5-9-18(19)23-24-26/h2-12,15H,13-14H2,1H3,(H,22,27). The highest BCUT2D eigenvalue weighted by molar-refractivity contribution is 7.99. The highest BCUT2D eigenvalue weighted by Gasteiger charge is 2.14. The van der Waals surface area contributed by atoms with E-state index in [2.05, 4.69) is 32.9 Å².